The number of nitrogens with one attached hydrogen (secondary N) is 1. The van der Waals surface area contributed by atoms with Crippen LogP contribution >= 0.6 is 0 Å². The second kappa shape index (κ2) is 9.38. The van der Waals surface area contributed by atoms with Crippen LogP contribution in [-0.4, -0.2) is 54.0 Å². The van der Waals surface area contributed by atoms with Crippen LogP contribution in [0.5, 0.6) is 0 Å². The topological polar surface area (TPSA) is 130 Å². The van der Waals surface area contributed by atoms with Crippen LogP contribution in [0.1, 0.15) is 47.1 Å². The van der Waals surface area contributed by atoms with Gasteiger partial charge in [0.1, 0.15) is 11.6 Å². The summed E-state index contributed by atoms with van der Waals surface area (Å²) in [5.74, 6) is -3.23. The molecule has 2 unspecified atom stereocenters. The van der Waals surface area contributed by atoms with E-state index in [1.165, 1.54) is 10.6 Å². The fourth-order valence-electron chi connectivity index (χ4n) is 3.57. The van der Waals surface area contributed by atoms with E-state index in [9.17, 15) is 22.4 Å². The zero-order valence-corrected chi connectivity index (χ0v) is 17.2. The zero-order valence-electron chi connectivity index (χ0n) is 17.2. The molecule has 0 bridgehead atoms. The van der Waals surface area contributed by atoms with Gasteiger partial charge in [0.25, 0.3) is 11.6 Å². The van der Waals surface area contributed by atoms with Crippen molar-refractivity contribution < 1.29 is 37.4 Å². The van der Waals surface area contributed by atoms with Crippen molar-refractivity contribution in [1.82, 2.24) is 19.6 Å². The average molecular weight is 469 g/mol. The largest absolute Gasteiger partial charge is 0.490 e. The van der Waals surface area contributed by atoms with Crippen LogP contribution in [0.4, 0.5) is 23.4 Å². The smallest absolute Gasteiger partial charge is 0.475 e. The van der Waals surface area contributed by atoms with E-state index in [1.54, 1.807) is 12.1 Å². The first kappa shape index (κ1) is 23.9. The summed E-state index contributed by atoms with van der Waals surface area (Å²) in [6.07, 6.45) is -2.32. The van der Waals surface area contributed by atoms with Crippen LogP contribution in [0.3, 0.4) is 0 Å². The summed E-state index contributed by atoms with van der Waals surface area (Å²) in [5.41, 5.74) is 1.74. The summed E-state index contributed by atoms with van der Waals surface area (Å²) in [6, 6.07) is 8.76. The SMILES string of the molecule is Cc1cc(NC2CCC(c3cccc(F)c3)C2)n2nc(C(=O)O)nc2n1.O=C(O)C(F)(F)F. The van der Waals surface area contributed by atoms with E-state index in [0.29, 0.717) is 11.7 Å². The van der Waals surface area contributed by atoms with Gasteiger partial charge in [0, 0.05) is 17.8 Å². The fourth-order valence-corrected chi connectivity index (χ4v) is 3.57. The van der Waals surface area contributed by atoms with Crippen molar-refractivity contribution in [3.05, 3.63) is 53.2 Å². The van der Waals surface area contributed by atoms with Gasteiger partial charge in [-0.25, -0.2) is 19.0 Å². The molecule has 1 aliphatic carbocycles. The highest BCUT2D eigenvalue weighted by molar-refractivity contribution is 5.83. The molecule has 0 amide bonds. The maximum Gasteiger partial charge on any atom is 0.490 e. The lowest BCUT2D eigenvalue weighted by molar-refractivity contribution is -0.192. The Bertz CT molecular complexity index is 1180. The number of aromatic carboxylic acids is 1. The Morgan fingerprint density at radius 3 is 2.45 bits per heavy atom. The van der Waals surface area contributed by atoms with E-state index in [0.717, 1.165) is 30.5 Å². The van der Waals surface area contributed by atoms with Crippen molar-refractivity contribution >= 4 is 23.5 Å². The Kier molecular flexibility index (Phi) is 6.79. The minimum absolute atomic E-state index is 0.186. The van der Waals surface area contributed by atoms with Gasteiger partial charge in [-0.05, 0) is 49.8 Å². The standard InChI is InChI=1S/C18H18FN5O2.C2HF3O2/c1-10-7-15(24-18(20-10)22-16(23-24)17(25)26)21-14-6-5-12(9-14)11-3-2-4-13(19)8-11;3-2(4,5)1(6)7/h2-4,7-8,12,14,21H,5-6,9H2,1H3,(H,25,26);(H,6,7). The van der Waals surface area contributed by atoms with Crippen LogP contribution in [0.15, 0.2) is 30.3 Å². The van der Waals surface area contributed by atoms with E-state index in [2.05, 4.69) is 20.4 Å². The van der Waals surface area contributed by atoms with Gasteiger partial charge >= 0.3 is 18.1 Å². The lowest BCUT2D eigenvalue weighted by atomic mass is 9.97. The molecule has 0 saturated heterocycles. The summed E-state index contributed by atoms with van der Waals surface area (Å²) in [5, 5.41) is 23.7. The number of carboxylic acids is 2. The molecule has 0 radical (unpaired) electrons. The summed E-state index contributed by atoms with van der Waals surface area (Å²) < 4.78 is 46.6. The molecule has 1 saturated carbocycles. The number of fused-ring (bicyclic) bond motifs is 1. The molecule has 0 aliphatic heterocycles. The van der Waals surface area contributed by atoms with Crippen LogP contribution in [-0.2, 0) is 4.79 Å². The number of anilines is 1. The monoisotopic (exact) mass is 469 g/mol. The Hall–Kier alpha value is -3.77. The predicted octanol–water partition coefficient (Wildman–Crippen LogP) is 3.65. The number of aryl methyl sites for hydroxylation is 1. The third kappa shape index (κ3) is 5.93. The third-order valence-electron chi connectivity index (χ3n) is 4.98. The Morgan fingerprint density at radius 1 is 1.15 bits per heavy atom. The Labute approximate surface area is 184 Å². The molecule has 2 heterocycles. The summed E-state index contributed by atoms with van der Waals surface area (Å²) in [4.78, 5) is 28.2. The maximum absolute atomic E-state index is 13.5. The molecule has 2 aromatic heterocycles. The quantitative estimate of drug-likeness (QED) is 0.494. The van der Waals surface area contributed by atoms with Gasteiger partial charge in [0.05, 0.1) is 0 Å². The number of halogens is 4. The van der Waals surface area contributed by atoms with E-state index < -0.39 is 18.1 Å². The van der Waals surface area contributed by atoms with Gasteiger partial charge in [0.15, 0.2) is 0 Å². The number of hydrogen-bond donors (Lipinski definition) is 3. The molecule has 13 heteroatoms. The van der Waals surface area contributed by atoms with E-state index in [4.69, 9.17) is 15.0 Å². The van der Waals surface area contributed by atoms with Crippen molar-refractivity contribution in [3.63, 3.8) is 0 Å². The molecular formula is C20H19F4N5O4. The Balaban J connectivity index is 0.000000383. The zero-order chi connectivity index (χ0) is 24.3. The fraction of sp³-hybridized carbons (Fsp3) is 0.350. The van der Waals surface area contributed by atoms with Gasteiger partial charge in [-0.2, -0.15) is 22.7 Å². The Morgan fingerprint density at radius 2 is 1.85 bits per heavy atom. The number of alkyl halides is 3. The van der Waals surface area contributed by atoms with Gasteiger partial charge in [-0.3, -0.25) is 0 Å². The molecule has 176 valence electrons. The lowest BCUT2D eigenvalue weighted by Gasteiger charge is -2.16. The minimum Gasteiger partial charge on any atom is -0.475 e. The number of carbonyl (C=O) groups is 2. The molecule has 3 aromatic rings. The molecule has 1 fully saturated rings. The van der Waals surface area contributed by atoms with Crippen LogP contribution in [0.2, 0.25) is 0 Å². The first-order valence-corrected chi connectivity index (χ1v) is 9.74. The van der Waals surface area contributed by atoms with Crippen molar-refractivity contribution in [2.24, 2.45) is 0 Å². The first-order chi connectivity index (χ1) is 15.4. The normalized spacial score (nSPS) is 18.0. The number of benzene rings is 1. The van der Waals surface area contributed by atoms with Gasteiger partial charge in [-0.15, -0.1) is 5.10 Å². The average Bonchev–Trinajstić information content (AvgIpc) is 3.35. The van der Waals surface area contributed by atoms with Crippen molar-refractivity contribution in [2.75, 3.05) is 5.32 Å². The van der Waals surface area contributed by atoms with Crippen LogP contribution < -0.4 is 5.32 Å². The number of nitrogens with zero attached hydrogens (tertiary/aromatic N) is 4. The highest BCUT2D eigenvalue weighted by Gasteiger charge is 2.38. The highest BCUT2D eigenvalue weighted by Crippen LogP contribution is 2.36. The molecule has 0 spiro atoms. The van der Waals surface area contributed by atoms with Gasteiger partial charge in [-0.1, -0.05) is 12.1 Å². The minimum atomic E-state index is -5.08. The van der Waals surface area contributed by atoms with Gasteiger partial charge in [0.2, 0.25) is 0 Å². The molecule has 1 aliphatic rings. The molecule has 33 heavy (non-hydrogen) atoms. The highest BCUT2D eigenvalue weighted by atomic mass is 19.4. The summed E-state index contributed by atoms with van der Waals surface area (Å²) >= 11 is 0. The maximum atomic E-state index is 13.5. The number of aliphatic carboxylic acids is 1. The third-order valence-corrected chi connectivity index (χ3v) is 4.98. The first-order valence-electron chi connectivity index (χ1n) is 9.74. The summed E-state index contributed by atoms with van der Waals surface area (Å²) in [7, 11) is 0. The van der Waals surface area contributed by atoms with Crippen molar-refractivity contribution in [1.29, 1.82) is 0 Å². The van der Waals surface area contributed by atoms with Gasteiger partial charge < -0.3 is 15.5 Å². The lowest BCUT2D eigenvalue weighted by Crippen LogP contribution is -2.21. The number of aromatic nitrogens is 4. The van der Waals surface area contributed by atoms with Crippen molar-refractivity contribution in [2.45, 2.75) is 44.3 Å². The second-order valence-electron chi connectivity index (χ2n) is 7.44. The molecular weight excluding hydrogens is 450 g/mol. The van der Waals surface area contributed by atoms with Crippen molar-refractivity contribution in [3.8, 4) is 0 Å². The number of hydrogen-bond acceptors (Lipinski definition) is 6. The van der Waals surface area contributed by atoms with Crippen LogP contribution in [0.25, 0.3) is 5.78 Å². The number of rotatable bonds is 4. The van der Waals surface area contributed by atoms with E-state index in [-0.39, 0.29) is 23.5 Å². The van der Waals surface area contributed by atoms with Crippen LogP contribution in [0, 0.1) is 12.7 Å². The molecule has 9 nitrogen and oxygen atoms in total. The predicted molar refractivity (Wildman–Crippen MR) is 107 cm³/mol. The molecule has 2 atom stereocenters. The summed E-state index contributed by atoms with van der Waals surface area (Å²) in [6.45, 7) is 1.82. The molecule has 1 aromatic carbocycles. The van der Waals surface area contributed by atoms with E-state index >= 15 is 0 Å². The number of carboxylic acid groups (broad SMARTS) is 2. The second-order valence-corrected chi connectivity index (χ2v) is 7.44. The van der Waals surface area contributed by atoms with E-state index in [1.807, 2.05) is 19.1 Å². The molecule has 3 N–H and O–H groups in total. The molecule has 4 rings (SSSR count).